The van der Waals surface area contributed by atoms with Crippen LogP contribution in [0.2, 0.25) is 0 Å². The first-order valence-electron chi connectivity index (χ1n) is 13.9. The lowest BCUT2D eigenvalue weighted by Crippen LogP contribution is -2.59. The maximum absolute atomic E-state index is 13.4. The van der Waals surface area contributed by atoms with Gasteiger partial charge in [-0.3, -0.25) is 19.2 Å². The zero-order chi connectivity index (χ0) is 30.1. The van der Waals surface area contributed by atoms with Crippen LogP contribution in [0.5, 0.6) is 0 Å². The highest BCUT2D eigenvalue weighted by molar-refractivity contribution is 6.51. The quantitative estimate of drug-likeness (QED) is 0.388. The molecule has 1 aliphatic heterocycles. The summed E-state index contributed by atoms with van der Waals surface area (Å²) in [6.45, 7) is 7.43. The maximum atomic E-state index is 13.4. The van der Waals surface area contributed by atoms with E-state index in [1.165, 1.54) is 13.0 Å². The van der Waals surface area contributed by atoms with Gasteiger partial charge in [-0.25, -0.2) is 4.98 Å². The SMILES string of the molecule is CC(C)C[C@H](NC(=O)[C@@H](NC(=O)c1cccc(-c2ccccc2)n1)[C@@H](C)O)B1OC(=O)CCN(C)C(C)CC(=O)O1. The number of aliphatic hydroxyl groups excluding tert-OH is 1. The second kappa shape index (κ2) is 14.7. The summed E-state index contributed by atoms with van der Waals surface area (Å²) in [5.41, 5.74) is 1.46. The van der Waals surface area contributed by atoms with Crippen molar-refractivity contribution in [2.75, 3.05) is 13.6 Å². The highest BCUT2D eigenvalue weighted by atomic mass is 16.6. The van der Waals surface area contributed by atoms with Gasteiger partial charge in [-0.1, -0.05) is 50.2 Å². The molecule has 0 bridgehead atoms. The summed E-state index contributed by atoms with van der Waals surface area (Å²) in [5, 5.41) is 15.7. The first-order chi connectivity index (χ1) is 19.4. The van der Waals surface area contributed by atoms with Gasteiger partial charge in [-0.2, -0.15) is 0 Å². The fourth-order valence-corrected chi connectivity index (χ4v) is 4.41. The zero-order valence-electron chi connectivity index (χ0n) is 24.2. The van der Waals surface area contributed by atoms with Crippen molar-refractivity contribution in [1.29, 1.82) is 0 Å². The summed E-state index contributed by atoms with van der Waals surface area (Å²) >= 11 is 0. The van der Waals surface area contributed by atoms with Crippen LogP contribution in [0.1, 0.15) is 57.4 Å². The molecule has 41 heavy (non-hydrogen) atoms. The van der Waals surface area contributed by atoms with Gasteiger partial charge < -0.3 is 29.9 Å². The Morgan fingerprint density at radius 3 is 2.39 bits per heavy atom. The van der Waals surface area contributed by atoms with Crippen LogP contribution in [-0.4, -0.2) is 83.6 Å². The Balaban J connectivity index is 1.78. The van der Waals surface area contributed by atoms with E-state index in [0.717, 1.165) is 5.56 Å². The van der Waals surface area contributed by atoms with Crippen LogP contribution >= 0.6 is 0 Å². The Kier molecular flexibility index (Phi) is 11.4. The Bertz CT molecular complexity index is 1210. The number of pyridine rings is 1. The van der Waals surface area contributed by atoms with Crippen molar-refractivity contribution in [2.45, 2.75) is 71.1 Å². The molecule has 220 valence electrons. The number of aliphatic hydroxyl groups is 1. The Hall–Kier alpha value is -3.77. The number of benzene rings is 1. The van der Waals surface area contributed by atoms with Crippen molar-refractivity contribution in [3.05, 3.63) is 54.2 Å². The third kappa shape index (κ3) is 9.39. The van der Waals surface area contributed by atoms with Gasteiger partial charge in [0.15, 0.2) is 0 Å². The molecule has 1 fully saturated rings. The van der Waals surface area contributed by atoms with Gasteiger partial charge >= 0.3 is 7.12 Å². The fourth-order valence-electron chi connectivity index (χ4n) is 4.41. The number of hydrogen-bond acceptors (Lipinski definition) is 9. The lowest BCUT2D eigenvalue weighted by atomic mass is 9.73. The minimum Gasteiger partial charge on any atom is -0.498 e. The Morgan fingerprint density at radius 2 is 1.73 bits per heavy atom. The van der Waals surface area contributed by atoms with Crippen molar-refractivity contribution >= 4 is 30.9 Å². The molecule has 1 aromatic heterocycles. The smallest absolute Gasteiger partial charge is 0.498 e. The lowest BCUT2D eigenvalue weighted by molar-refractivity contribution is -0.143. The third-order valence-electron chi connectivity index (χ3n) is 6.86. The zero-order valence-corrected chi connectivity index (χ0v) is 24.2. The molecule has 11 nitrogen and oxygen atoms in total. The average molecular weight is 566 g/mol. The molecule has 0 saturated carbocycles. The normalized spacial score (nSPS) is 19.0. The second-order valence-electron chi connectivity index (χ2n) is 10.8. The van der Waals surface area contributed by atoms with E-state index in [2.05, 4.69) is 15.6 Å². The fraction of sp³-hybridized carbons (Fsp3) is 0.483. The van der Waals surface area contributed by atoms with Crippen LogP contribution < -0.4 is 10.6 Å². The van der Waals surface area contributed by atoms with Crippen LogP contribution in [-0.2, 0) is 23.7 Å². The molecule has 1 saturated heterocycles. The van der Waals surface area contributed by atoms with Crippen molar-refractivity contribution in [1.82, 2.24) is 20.5 Å². The molecule has 1 aliphatic rings. The predicted molar refractivity (Wildman–Crippen MR) is 153 cm³/mol. The predicted octanol–water partition coefficient (Wildman–Crippen LogP) is 1.99. The van der Waals surface area contributed by atoms with Crippen molar-refractivity contribution in [3.63, 3.8) is 0 Å². The first-order valence-corrected chi connectivity index (χ1v) is 13.9. The van der Waals surface area contributed by atoms with Gasteiger partial charge in [0.1, 0.15) is 11.7 Å². The number of carbonyl (C=O) groups excluding carboxylic acids is 4. The summed E-state index contributed by atoms with van der Waals surface area (Å²) in [6, 6.07) is 12.8. The largest absolute Gasteiger partial charge is 0.622 e. The van der Waals surface area contributed by atoms with Gasteiger partial charge in [0.05, 0.1) is 30.6 Å². The first kappa shape index (κ1) is 31.8. The molecule has 0 spiro atoms. The van der Waals surface area contributed by atoms with Crippen molar-refractivity contribution in [3.8, 4) is 11.3 Å². The van der Waals surface area contributed by atoms with Gasteiger partial charge in [-0.15, -0.1) is 0 Å². The van der Waals surface area contributed by atoms with E-state index in [4.69, 9.17) is 9.31 Å². The number of nitrogens with zero attached hydrogens (tertiary/aromatic N) is 2. The molecule has 3 N–H and O–H groups in total. The summed E-state index contributed by atoms with van der Waals surface area (Å²) in [6.07, 6.45) is -0.818. The van der Waals surface area contributed by atoms with Gasteiger partial charge in [-0.05, 0) is 45.4 Å². The number of hydrogen-bond donors (Lipinski definition) is 3. The molecule has 2 amide bonds. The average Bonchev–Trinajstić information content (AvgIpc) is 2.93. The Morgan fingerprint density at radius 1 is 1.05 bits per heavy atom. The number of rotatable bonds is 9. The van der Waals surface area contributed by atoms with Crippen LogP contribution in [0.3, 0.4) is 0 Å². The minimum atomic E-state index is -1.37. The van der Waals surface area contributed by atoms with Crippen LogP contribution in [0.4, 0.5) is 0 Å². The monoisotopic (exact) mass is 566 g/mol. The molecule has 3 rings (SSSR count). The standard InChI is InChI=1S/C29H39BN4O7/c1-18(2)16-24(30-40-25(36)14-15-34(5)19(3)17-26(37)41-30)32-29(39)27(20(4)35)33-28(38)23-13-9-12-22(31-23)21-10-7-6-8-11-21/h6-13,18-20,24,27,35H,14-17H2,1-5H3,(H,32,39)(H,33,38)/t19?,20-,24+,27+/m1/s1. The Labute approximate surface area is 241 Å². The molecule has 0 radical (unpaired) electrons. The molecular weight excluding hydrogens is 527 g/mol. The van der Waals surface area contributed by atoms with Gasteiger partial charge in [0.25, 0.3) is 17.8 Å². The number of amides is 2. The maximum Gasteiger partial charge on any atom is 0.622 e. The number of carbonyl (C=O) groups is 4. The van der Waals surface area contributed by atoms with E-state index in [1.807, 2.05) is 63.1 Å². The summed E-state index contributed by atoms with van der Waals surface area (Å²) in [7, 11) is 0.441. The summed E-state index contributed by atoms with van der Waals surface area (Å²) in [4.78, 5) is 58.0. The molecule has 4 atom stereocenters. The molecular formula is C29H39BN4O7. The third-order valence-corrected chi connectivity index (χ3v) is 6.86. The summed E-state index contributed by atoms with van der Waals surface area (Å²) in [5.74, 6) is -3.43. The summed E-state index contributed by atoms with van der Waals surface area (Å²) < 4.78 is 11.0. The lowest BCUT2D eigenvalue weighted by Gasteiger charge is -2.30. The topological polar surface area (TPSA) is 147 Å². The van der Waals surface area contributed by atoms with E-state index < -0.39 is 49.0 Å². The van der Waals surface area contributed by atoms with Crippen LogP contribution in [0.15, 0.2) is 48.5 Å². The van der Waals surface area contributed by atoms with E-state index in [9.17, 15) is 24.3 Å². The highest BCUT2D eigenvalue weighted by Crippen LogP contribution is 2.17. The molecule has 12 heteroatoms. The highest BCUT2D eigenvalue weighted by Gasteiger charge is 2.41. The number of aromatic nitrogens is 1. The molecule has 0 aliphatic carbocycles. The van der Waals surface area contributed by atoms with E-state index in [1.54, 1.807) is 12.1 Å². The molecule has 1 aromatic carbocycles. The molecule has 2 heterocycles. The van der Waals surface area contributed by atoms with Crippen LogP contribution in [0, 0.1) is 5.92 Å². The van der Waals surface area contributed by atoms with Crippen LogP contribution in [0.25, 0.3) is 11.3 Å². The van der Waals surface area contributed by atoms with Gasteiger partial charge in [0, 0.05) is 18.2 Å². The minimum absolute atomic E-state index is 0.0164. The second-order valence-corrected chi connectivity index (χ2v) is 10.8. The van der Waals surface area contributed by atoms with E-state index in [0.29, 0.717) is 18.7 Å². The number of nitrogens with one attached hydrogen (secondary N) is 2. The van der Waals surface area contributed by atoms with E-state index >= 15 is 0 Å². The van der Waals surface area contributed by atoms with Crippen molar-refractivity contribution in [2.24, 2.45) is 5.92 Å². The van der Waals surface area contributed by atoms with Gasteiger partial charge in [0.2, 0.25) is 5.91 Å². The molecule has 2 aromatic rings. The van der Waals surface area contributed by atoms with Crippen molar-refractivity contribution < 1.29 is 33.6 Å². The molecule has 1 unspecified atom stereocenters. The van der Waals surface area contributed by atoms with E-state index in [-0.39, 0.29) is 30.5 Å².